The second kappa shape index (κ2) is 7.42. The highest BCUT2D eigenvalue weighted by atomic mass is 28.4. The molecule has 0 fully saturated rings. The van der Waals surface area contributed by atoms with Gasteiger partial charge in [0.1, 0.15) is 5.76 Å². The van der Waals surface area contributed by atoms with Crippen molar-refractivity contribution in [3.8, 4) is 0 Å². The van der Waals surface area contributed by atoms with E-state index in [-0.39, 0.29) is 0 Å². The van der Waals surface area contributed by atoms with Crippen LogP contribution in [0.2, 0.25) is 19.6 Å². The van der Waals surface area contributed by atoms with E-state index >= 15 is 0 Å². The molecule has 1 rings (SSSR count). The smallest absolute Gasteiger partial charge is 0.242 e. The lowest BCUT2D eigenvalue weighted by molar-refractivity contribution is 0.511. The summed E-state index contributed by atoms with van der Waals surface area (Å²) in [6.07, 6.45) is 7.20. The molecule has 0 saturated carbocycles. The topological polar surface area (TPSA) is 9.23 Å². The standard InChI is InChI=1S/C16H26OSi/c1-5-6-7-11-14-16(17-18(2,3)4)15-12-9-8-10-13-15/h8-10,12-14H,5-7,11H2,1-4H3/b16-14-. The van der Waals surface area contributed by atoms with Crippen molar-refractivity contribution in [2.24, 2.45) is 0 Å². The molecule has 0 atom stereocenters. The Morgan fingerprint density at radius 3 is 2.33 bits per heavy atom. The van der Waals surface area contributed by atoms with Crippen LogP contribution < -0.4 is 0 Å². The van der Waals surface area contributed by atoms with Crippen molar-refractivity contribution < 1.29 is 4.43 Å². The van der Waals surface area contributed by atoms with Crippen molar-refractivity contribution in [3.63, 3.8) is 0 Å². The van der Waals surface area contributed by atoms with Gasteiger partial charge in [-0.25, -0.2) is 0 Å². The van der Waals surface area contributed by atoms with E-state index in [1.807, 2.05) is 6.07 Å². The number of hydrogen-bond acceptors (Lipinski definition) is 1. The molecule has 2 heteroatoms. The van der Waals surface area contributed by atoms with Crippen LogP contribution in [0.5, 0.6) is 0 Å². The molecule has 0 aromatic heterocycles. The molecule has 1 nitrogen and oxygen atoms in total. The first-order valence-corrected chi connectivity index (χ1v) is 10.4. The lowest BCUT2D eigenvalue weighted by Crippen LogP contribution is -2.24. The fraction of sp³-hybridized carbons (Fsp3) is 0.500. The molecule has 0 amide bonds. The van der Waals surface area contributed by atoms with Crippen molar-refractivity contribution in [2.45, 2.75) is 52.2 Å². The Morgan fingerprint density at radius 2 is 1.78 bits per heavy atom. The monoisotopic (exact) mass is 262 g/mol. The summed E-state index contributed by atoms with van der Waals surface area (Å²) < 4.78 is 6.20. The highest BCUT2D eigenvalue weighted by Gasteiger charge is 2.18. The van der Waals surface area contributed by atoms with E-state index in [1.165, 1.54) is 24.8 Å². The predicted molar refractivity (Wildman–Crippen MR) is 83.0 cm³/mol. The zero-order valence-electron chi connectivity index (χ0n) is 12.2. The Morgan fingerprint density at radius 1 is 1.11 bits per heavy atom. The molecule has 0 aliphatic heterocycles. The van der Waals surface area contributed by atoms with Gasteiger partial charge < -0.3 is 4.43 Å². The van der Waals surface area contributed by atoms with Crippen LogP contribution in [0.25, 0.3) is 5.76 Å². The molecule has 0 aliphatic carbocycles. The van der Waals surface area contributed by atoms with Crippen molar-refractivity contribution in [1.29, 1.82) is 0 Å². The third-order valence-corrected chi connectivity index (χ3v) is 3.44. The summed E-state index contributed by atoms with van der Waals surface area (Å²) in [5.74, 6) is 1.07. The maximum atomic E-state index is 6.20. The first-order valence-electron chi connectivity index (χ1n) is 6.97. The molecule has 0 spiro atoms. The Bertz CT molecular complexity index is 362. The molecule has 100 valence electrons. The summed E-state index contributed by atoms with van der Waals surface area (Å²) in [5, 5.41) is 0. The van der Waals surface area contributed by atoms with Gasteiger partial charge in [-0.1, -0.05) is 50.1 Å². The summed E-state index contributed by atoms with van der Waals surface area (Å²) in [5.41, 5.74) is 1.21. The minimum atomic E-state index is -1.54. The van der Waals surface area contributed by atoms with Crippen LogP contribution in [-0.2, 0) is 4.43 Å². The van der Waals surface area contributed by atoms with Crippen LogP contribution >= 0.6 is 0 Å². The van der Waals surface area contributed by atoms with Gasteiger partial charge in [-0.05, 0) is 38.6 Å². The summed E-state index contributed by atoms with van der Waals surface area (Å²) in [6.45, 7) is 8.93. The lowest BCUT2D eigenvalue weighted by atomic mass is 10.1. The van der Waals surface area contributed by atoms with Gasteiger partial charge in [0, 0.05) is 5.56 Å². The van der Waals surface area contributed by atoms with Gasteiger partial charge in [0.2, 0.25) is 8.32 Å². The fourth-order valence-corrected chi connectivity index (χ4v) is 2.64. The zero-order chi connectivity index (χ0) is 13.4. The maximum absolute atomic E-state index is 6.20. The normalized spacial score (nSPS) is 12.6. The average molecular weight is 262 g/mol. The van der Waals surface area contributed by atoms with Crippen LogP contribution in [0.15, 0.2) is 36.4 Å². The molecule has 1 aromatic rings. The van der Waals surface area contributed by atoms with Gasteiger partial charge in [-0.3, -0.25) is 0 Å². The highest BCUT2D eigenvalue weighted by molar-refractivity contribution is 6.70. The van der Waals surface area contributed by atoms with Crippen LogP contribution in [0.3, 0.4) is 0 Å². The highest BCUT2D eigenvalue weighted by Crippen LogP contribution is 2.22. The van der Waals surface area contributed by atoms with Gasteiger partial charge in [0.25, 0.3) is 0 Å². The average Bonchev–Trinajstić information content (AvgIpc) is 2.33. The molecule has 18 heavy (non-hydrogen) atoms. The minimum Gasteiger partial charge on any atom is -0.544 e. The Labute approximate surface area is 113 Å². The number of unbranched alkanes of at least 4 members (excludes halogenated alkanes) is 3. The number of benzene rings is 1. The molecule has 0 saturated heterocycles. The molecule has 0 aliphatic rings. The maximum Gasteiger partial charge on any atom is 0.242 e. The van der Waals surface area contributed by atoms with E-state index < -0.39 is 8.32 Å². The van der Waals surface area contributed by atoms with Gasteiger partial charge in [0.15, 0.2) is 0 Å². The Kier molecular flexibility index (Phi) is 6.20. The summed E-state index contributed by atoms with van der Waals surface area (Å²) in [6, 6.07) is 10.5. The minimum absolute atomic E-state index is 1.07. The van der Waals surface area contributed by atoms with Crippen LogP contribution in [0.4, 0.5) is 0 Å². The summed E-state index contributed by atoms with van der Waals surface area (Å²) in [7, 11) is -1.54. The first-order chi connectivity index (χ1) is 8.53. The van der Waals surface area contributed by atoms with Gasteiger partial charge >= 0.3 is 0 Å². The van der Waals surface area contributed by atoms with Gasteiger partial charge in [-0.2, -0.15) is 0 Å². The number of allylic oxidation sites excluding steroid dienone is 1. The van der Waals surface area contributed by atoms with Gasteiger partial charge in [-0.15, -0.1) is 0 Å². The second-order valence-corrected chi connectivity index (χ2v) is 10.1. The predicted octanol–water partition coefficient (Wildman–Crippen LogP) is 5.46. The summed E-state index contributed by atoms with van der Waals surface area (Å²) >= 11 is 0. The van der Waals surface area contributed by atoms with Crippen LogP contribution in [0.1, 0.15) is 38.2 Å². The molecule has 0 bridgehead atoms. The van der Waals surface area contributed by atoms with Crippen molar-refractivity contribution >= 4 is 14.1 Å². The van der Waals surface area contributed by atoms with Crippen LogP contribution in [-0.4, -0.2) is 8.32 Å². The van der Waals surface area contributed by atoms with Crippen molar-refractivity contribution in [3.05, 3.63) is 42.0 Å². The lowest BCUT2D eigenvalue weighted by Gasteiger charge is -2.22. The zero-order valence-corrected chi connectivity index (χ0v) is 13.2. The largest absolute Gasteiger partial charge is 0.544 e. The Hall–Kier alpha value is -1.02. The van der Waals surface area contributed by atoms with E-state index in [4.69, 9.17) is 4.43 Å². The van der Waals surface area contributed by atoms with E-state index in [1.54, 1.807) is 0 Å². The molecular formula is C16H26OSi. The molecule has 0 unspecified atom stereocenters. The van der Waals surface area contributed by atoms with E-state index in [9.17, 15) is 0 Å². The number of hydrogen-bond donors (Lipinski definition) is 0. The van der Waals surface area contributed by atoms with E-state index in [0.717, 1.165) is 12.2 Å². The summed E-state index contributed by atoms with van der Waals surface area (Å²) in [4.78, 5) is 0. The number of rotatable bonds is 7. The van der Waals surface area contributed by atoms with E-state index in [0.29, 0.717) is 0 Å². The molecule has 0 radical (unpaired) electrons. The molecule has 0 N–H and O–H groups in total. The third kappa shape index (κ3) is 6.06. The van der Waals surface area contributed by atoms with Gasteiger partial charge in [0.05, 0.1) is 0 Å². The SMILES string of the molecule is CCCCC/C=C(\O[Si](C)(C)C)c1ccccc1. The third-order valence-electron chi connectivity index (χ3n) is 2.61. The quantitative estimate of drug-likeness (QED) is 0.360. The molecule has 0 heterocycles. The molecule has 1 aromatic carbocycles. The first kappa shape index (κ1) is 15.0. The second-order valence-electron chi connectivity index (χ2n) is 5.64. The van der Waals surface area contributed by atoms with Crippen LogP contribution in [0, 0.1) is 0 Å². The van der Waals surface area contributed by atoms with E-state index in [2.05, 4.69) is 56.9 Å². The molecular weight excluding hydrogens is 236 g/mol. The Balaban J connectivity index is 2.76. The van der Waals surface area contributed by atoms with Crippen molar-refractivity contribution in [1.82, 2.24) is 0 Å². The van der Waals surface area contributed by atoms with Crippen molar-refractivity contribution in [2.75, 3.05) is 0 Å². The fourth-order valence-electron chi connectivity index (χ4n) is 1.78.